The van der Waals surface area contributed by atoms with Crippen molar-refractivity contribution in [2.45, 2.75) is 17.7 Å². The second kappa shape index (κ2) is 5.18. The fourth-order valence-corrected chi connectivity index (χ4v) is 2.34. The van der Waals surface area contributed by atoms with Crippen molar-refractivity contribution in [2.24, 2.45) is 7.05 Å². The molecule has 100 valence electrons. The van der Waals surface area contributed by atoms with Gasteiger partial charge in [0.1, 0.15) is 10.6 Å². The van der Waals surface area contributed by atoms with E-state index in [2.05, 4.69) is 25.4 Å². The fourth-order valence-electron chi connectivity index (χ4n) is 1.43. The van der Waals surface area contributed by atoms with Crippen LogP contribution >= 0.6 is 11.8 Å². The van der Waals surface area contributed by atoms with E-state index in [0.29, 0.717) is 5.82 Å². The molecule has 0 saturated carbocycles. The van der Waals surface area contributed by atoms with Crippen molar-refractivity contribution >= 4 is 17.7 Å². The van der Waals surface area contributed by atoms with Crippen molar-refractivity contribution in [3.05, 3.63) is 27.6 Å². The number of aromatic nitrogens is 6. The van der Waals surface area contributed by atoms with Gasteiger partial charge in [0, 0.05) is 5.69 Å². The number of carboxylic acid groups (broad SMARTS) is 1. The SMILES string of the molecule is Cc1[nH]c(=O)nc(SCc2nnn(C)n2)c1C(=O)O. The maximum Gasteiger partial charge on any atom is 0.346 e. The van der Waals surface area contributed by atoms with Crippen LogP contribution < -0.4 is 5.69 Å². The molecule has 0 radical (unpaired) electrons. The summed E-state index contributed by atoms with van der Waals surface area (Å²) in [6.45, 7) is 1.51. The van der Waals surface area contributed by atoms with Gasteiger partial charge in [0.2, 0.25) is 0 Å². The van der Waals surface area contributed by atoms with Crippen molar-refractivity contribution in [3.63, 3.8) is 0 Å². The van der Waals surface area contributed by atoms with Crippen molar-refractivity contribution in [1.82, 2.24) is 30.2 Å². The molecule has 9 nitrogen and oxygen atoms in total. The van der Waals surface area contributed by atoms with Crippen molar-refractivity contribution < 1.29 is 9.90 Å². The van der Waals surface area contributed by atoms with Crippen LogP contribution in [0.15, 0.2) is 9.82 Å². The van der Waals surface area contributed by atoms with E-state index in [1.54, 1.807) is 7.05 Å². The van der Waals surface area contributed by atoms with Gasteiger partial charge in [-0.25, -0.2) is 9.59 Å². The Morgan fingerprint density at radius 3 is 2.84 bits per heavy atom. The number of rotatable bonds is 4. The highest BCUT2D eigenvalue weighted by molar-refractivity contribution is 7.98. The van der Waals surface area contributed by atoms with Crippen LogP contribution in [0.4, 0.5) is 0 Å². The average Bonchev–Trinajstić information content (AvgIpc) is 2.71. The van der Waals surface area contributed by atoms with Crippen LogP contribution in [0.5, 0.6) is 0 Å². The van der Waals surface area contributed by atoms with E-state index in [1.165, 1.54) is 11.7 Å². The zero-order chi connectivity index (χ0) is 14.0. The van der Waals surface area contributed by atoms with Gasteiger partial charge in [-0.2, -0.15) is 9.78 Å². The number of aromatic carboxylic acids is 1. The maximum absolute atomic E-state index is 11.3. The first-order chi connectivity index (χ1) is 8.97. The number of nitrogens with one attached hydrogen (secondary N) is 1. The van der Waals surface area contributed by atoms with E-state index in [0.717, 1.165) is 11.8 Å². The van der Waals surface area contributed by atoms with Crippen molar-refractivity contribution in [3.8, 4) is 0 Å². The van der Waals surface area contributed by atoms with Gasteiger partial charge in [0.25, 0.3) is 0 Å². The smallest absolute Gasteiger partial charge is 0.346 e. The Morgan fingerprint density at radius 1 is 1.53 bits per heavy atom. The van der Waals surface area contributed by atoms with Gasteiger partial charge in [0.05, 0.1) is 12.8 Å². The minimum atomic E-state index is -1.14. The van der Waals surface area contributed by atoms with E-state index in [1.807, 2.05) is 0 Å². The summed E-state index contributed by atoms with van der Waals surface area (Å²) < 4.78 is 0. The molecule has 2 heterocycles. The molecule has 0 saturated heterocycles. The standard InChI is InChI=1S/C9H10N6O3S/c1-4-6(8(16)17)7(11-9(18)10-4)19-3-5-12-14-15(2)13-5/h3H2,1-2H3,(H,16,17)(H,10,11,18). The summed E-state index contributed by atoms with van der Waals surface area (Å²) in [5.74, 6) is -0.427. The van der Waals surface area contributed by atoms with Crippen LogP contribution in [0.3, 0.4) is 0 Å². The highest BCUT2D eigenvalue weighted by atomic mass is 32.2. The Labute approximate surface area is 111 Å². The first kappa shape index (κ1) is 13.2. The van der Waals surface area contributed by atoms with Gasteiger partial charge < -0.3 is 10.1 Å². The Morgan fingerprint density at radius 2 is 2.26 bits per heavy atom. The number of hydrogen-bond donors (Lipinski definition) is 2. The van der Waals surface area contributed by atoms with E-state index >= 15 is 0 Å². The molecule has 19 heavy (non-hydrogen) atoms. The highest BCUT2D eigenvalue weighted by Crippen LogP contribution is 2.23. The molecule has 0 aliphatic carbocycles. The quantitative estimate of drug-likeness (QED) is 0.572. The summed E-state index contributed by atoms with van der Waals surface area (Å²) in [6, 6.07) is 0. The molecule has 0 spiro atoms. The zero-order valence-corrected chi connectivity index (χ0v) is 10.9. The molecule has 0 aliphatic heterocycles. The Hall–Kier alpha value is -2.23. The predicted octanol–water partition coefficient (Wildman–Crippen LogP) is -0.408. The van der Waals surface area contributed by atoms with Crippen molar-refractivity contribution in [2.75, 3.05) is 0 Å². The predicted molar refractivity (Wildman–Crippen MR) is 64.9 cm³/mol. The van der Waals surface area contributed by atoms with Crippen LogP contribution in [0.25, 0.3) is 0 Å². The van der Waals surface area contributed by atoms with Crippen LogP contribution in [0.1, 0.15) is 21.9 Å². The molecule has 0 fully saturated rings. The van der Waals surface area contributed by atoms with Crippen molar-refractivity contribution in [1.29, 1.82) is 0 Å². The van der Waals surface area contributed by atoms with Crippen LogP contribution in [0.2, 0.25) is 0 Å². The molecule has 0 aromatic carbocycles. The lowest BCUT2D eigenvalue weighted by molar-refractivity contribution is 0.0690. The zero-order valence-electron chi connectivity index (χ0n) is 10.1. The molecule has 2 aromatic heterocycles. The number of tetrazole rings is 1. The molecule has 0 atom stereocenters. The van der Waals surface area contributed by atoms with Gasteiger partial charge in [0.15, 0.2) is 5.82 Å². The van der Waals surface area contributed by atoms with Gasteiger partial charge in [-0.3, -0.25) is 0 Å². The van der Waals surface area contributed by atoms with E-state index < -0.39 is 11.7 Å². The number of aryl methyl sites for hydroxylation is 2. The lowest BCUT2D eigenvalue weighted by Gasteiger charge is -2.05. The number of hydrogen-bond acceptors (Lipinski definition) is 7. The highest BCUT2D eigenvalue weighted by Gasteiger charge is 2.17. The number of carboxylic acids is 1. The second-order valence-electron chi connectivity index (χ2n) is 3.64. The molecule has 0 amide bonds. The largest absolute Gasteiger partial charge is 0.478 e. The molecule has 10 heteroatoms. The Balaban J connectivity index is 2.28. The first-order valence-corrected chi connectivity index (χ1v) is 6.16. The summed E-state index contributed by atoms with van der Waals surface area (Å²) in [7, 11) is 1.62. The van der Waals surface area contributed by atoms with Gasteiger partial charge in [-0.05, 0) is 12.1 Å². The number of carbonyl (C=O) groups is 1. The Bertz CT molecular complexity index is 679. The van der Waals surface area contributed by atoms with E-state index in [-0.39, 0.29) is 22.0 Å². The molecule has 0 bridgehead atoms. The number of H-pyrrole nitrogens is 1. The monoisotopic (exact) mass is 282 g/mol. The van der Waals surface area contributed by atoms with Gasteiger partial charge >= 0.3 is 11.7 Å². The molecular weight excluding hydrogens is 272 g/mol. The summed E-state index contributed by atoms with van der Waals surface area (Å²) >= 11 is 1.08. The van der Waals surface area contributed by atoms with Gasteiger partial charge in [-0.15, -0.1) is 10.2 Å². The molecule has 0 aliphatic rings. The molecule has 0 unspecified atom stereocenters. The summed E-state index contributed by atoms with van der Waals surface area (Å²) in [5, 5.41) is 20.6. The van der Waals surface area contributed by atoms with Crippen LogP contribution in [0, 0.1) is 6.92 Å². The minimum absolute atomic E-state index is 0.0199. The molecule has 2 rings (SSSR count). The fraction of sp³-hybridized carbons (Fsp3) is 0.333. The third-order valence-corrected chi connectivity index (χ3v) is 3.16. The maximum atomic E-state index is 11.3. The number of nitrogens with zero attached hydrogens (tertiary/aromatic N) is 5. The van der Waals surface area contributed by atoms with Crippen LogP contribution in [-0.4, -0.2) is 41.3 Å². The number of thioether (sulfide) groups is 1. The lowest BCUT2D eigenvalue weighted by Crippen LogP contribution is -2.18. The topological polar surface area (TPSA) is 127 Å². The summed E-state index contributed by atoms with van der Waals surface area (Å²) in [5.41, 5.74) is -0.340. The number of aromatic amines is 1. The summed E-state index contributed by atoms with van der Waals surface area (Å²) in [6.07, 6.45) is 0. The van der Waals surface area contributed by atoms with Gasteiger partial charge in [-0.1, -0.05) is 11.8 Å². The minimum Gasteiger partial charge on any atom is -0.478 e. The Kier molecular flexibility index (Phi) is 3.60. The normalized spacial score (nSPS) is 10.6. The first-order valence-electron chi connectivity index (χ1n) is 5.17. The lowest BCUT2D eigenvalue weighted by atomic mass is 10.2. The molecular formula is C9H10N6O3S. The third-order valence-electron chi connectivity index (χ3n) is 2.19. The summed E-state index contributed by atoms with van der Waals surface area (Å²) in [4.78, 5) is 29.7. The van der Waals surface area contributed by atoms with E-state index in [4.69, 9.17) is 5.11 Å². The van der Waals surface area contributed by atoms with Crippen LogP contribution in [-0.2, 0) is 12.8 Å². The second-order valence-corrected chi connectivity index (χ2v) is 4.60. The molecule has 2 aromatic rings. The molecule has 2 N–H and O–H groups in total. The third kappa shape index (κ3) is 2.96. The van der Waals surface area contributed by atoms with E-state index in [9.17, 15) is 9.59 Å². The average molecular weight is 282 g/mol.